The van der Waals surface area contributed by atoms with E-state index in [0.717, 1.165) is 18.5 Å². The van der Waals surface area contributed by atoms with Crippen molar-refractivity contribution < 1.29 is 0 Å². The molecular formula is C18H19N3. The van der Waals surface area contributed by atoms with E-state index < -0.39 is 0 Å². The maximum absolute atomic E-state index is 4.40. The average molecular weight is 277 g/mol. The highest BCUT2D eigenvalue weighted by Crippen LogP contribution is 2.26. The van der Waals surface area contributed by atoms with E-state index >= 15 is 0 Å². The summed E-state index contributed by atoms with van der Waals surface area (Å²) in [4.78, 5) is 8.61. The van der Waals surface area contributed by atoms with Crippen molar-refractivity contribution in [2.45, 2.75) is 18.9 Å². The van der Waals surface area contributed by atoms with Crippen LogP contribution in [0.1, 0.15) is 23.7 Å². The zero-order valence-corrected chi connectivity index (χ0v) is 12.2. The third-order valence-corrected chi connectivity index (χ3v) is 3.85. The molecular weight excluding hydrogens is 258 g/mol. The van der Waals surface area contributed by atoms with Crippen LogP contribution in [0.2, 0.25) is 0 Å². The molecule has 0 aliphatic carbocycles. The Kier molecular flexibility index (Phi) is 4.22. The van der Waals surface area contributed by atoms with Gasteiger partial charge in [0.15, 0.2) is 0 Å². The summed E-state index contributed by atoms with van der Waals surface area (Å²) < 4.78 is 0. The first-order valence-electron chi connectivity index (χ1n) is 7.28. The lowest BCUT2D eigenvalue weighted by molar-refractivity contribution is 0.549. The summed E-state index contributed by atoms with van der Waals surface area (Å²) in [6.45, 7) is 0. The lowest BCUT2D eigenvalue weighted by atomic mass is 9.96. The lowest BCUT2D eigenvalue weighted by Crippen LogP contribution is -2.17. The fraction of sp³-hybridized carbons (Fsp3) is 0.222. The summed E-state index contributed by atoms with van der Waals surface area (Å²) in [5.74, 6) is 0. The normalized spacial score (nSPS) is 12.4. The Morgan fingerprint density at radius 1 is 1.05 bits per heavy atom. The van der Waals surface area contributed by atoms with Gasteiger partial charge in [-0.1, -0.05) is 24.3 Å². The van der Waals surface area contributed by atoms with Gasteiger partial charge in [0.1, 0.15) is 0 Å². The third-order valence-electron chi connectivity index (χ3n) is 3.85. The van der Waals surface area contributed by atoms with Gasteiger partial charge in [-0.3, -0.25) is 9.97 Å². The fourth-order valence-electron chi connectivity index (χ4n) is 2.75. The molecule has 2 aromatic heterocycles. The molecule has 3 rings (SSSR count). The minimum atomic E-state index is 0.318. The first kappa shape index (κ1) is 13.7. The molecule has 0 spiro atoms. The van der Waals surface area contributed by atoms with Gasteiger partial charge in [-0.05, 0) is 49.0 Å². The number of hydrogen-bond acceptors (Lipinski definition) is 3. The van der Waals surface area contributed by atoms with Crippen LogP contribution in [0.15, 0.2) is 61.1 Å². The van der Waals surface area contributed by atoms with Crippen molar-refractivity contribution in [3.63, 3.8) is 0 Å². The maximum atomic E-state index is 4.40. The molecule has 0 saturated carbocycles. The SMILES string of the molecule is CNC(CCc1ccccn1)c1cccc2cnccc12. The minimum Gasteiger partial charge on any atom is -0.313 e. The van der Waals surface area contributed by atoms with E-state index in [1.807, 2.05) is 37.8 Å². The van der Waals surface area contributed by atoms with Gasteiger partial charge in [-0.15, -0.1) is 0 Å². The molecule has 0 saturated heterocycles. The Morgan fingerprint density at radius 3 is 2.81 bits per heavy atom. The first-order chi connectivity index (χ1) is 10.4. The van der Waals surface area contributed by atoms with Crippen molar-refractivity contribution >= 4 is 10.8 Å². The zero-order chi connectivity index (χ0) is 14.5. The maximum Gasteiger partial charge on any atom is 0.0404 e. The van der Waals surface area contributed by atoms with Crippen LogP contribution in [-0.4, -0.2) is 17.0 Å². The zero-order valence-electron chi connectivity index (χ0n) is 12.2. The van der Waals surface area contributed by atoms with Crippen molar-refractivity contribution in [1.82, 2.24) is 15.3 Å². The first-order valence-corrected chi connectivity index (χ1v) is 7.28. The number of nitrogens with zero attached hydrogens (tertiary/aromatic N) is 2. The number of aryl methyl sites for hydroxylation is 1. The van der Waals surface area contributed by atoms with Crippen LogP contribution in [0.5, 0.6) is 0 Å². The number of nitrogens with one attached hydrogen (secondary N) is 1. The molecule has 1 N–H and O–H groups in total. The molecule has 0 fully saturated rings. The molecule has 3 heteroatoms. The molecule has 0 aliphatic heterocycles. The van der Waals surface area contributed by atoms with E-state index in [2.05, 4.69) is 45.6 Å². The van der Waals surface area contributed by atoms with Crippen LogP contribution in [0.4, 0.5) is 0 Å². The summed E-state index contributed by atoms with van der Waals surface area (Å²) in [5.41, 5.74) is 2.47. The number of pyridine rings is 2. The van der Waals surface area contributed by atoms with Crippen molar-refractivity contribution in [1.29, 1.82) is 0 Å². The van der Waals surface area contributed by atoms with Crippen LogP contribution >= 0.6 is 0 Å². The predicted octanol–water partition coefficient (Wildman–Crippen LogP) is 3.52. The van der Waals surface area contributed by atoms with E-state index in [4.69, 9.17) is 0 Å². The van der Waals surface area contributed by atoms with Crippen LogP contribution in [0.25, 0.3) is 10.8 Å². The second-order valence-corrected chi connectivity index (χ2v) is 5.15. The fourth-order valence-corrected chi connectivity index (χ4v) is 2.75. The van der Waals surface area contributed by atoms with Gasteiger partial charge in [0.05, 0.1) is 0 Å². The van der Waals surface area contributed by atoms with Gasteiger partial charge in [0.2, 0.25) is 0 Å². The van der Waals surface area contributed by atoms with Gasteiger partial charge in [0.25, 0.3) is 0 Å². The molecule has 0 radical (unpaired) electrons. The number of hydrogen-bond donors (Lipinski definition) is 1. The molecule has 0 amide bonds. The molecule has 0 aliphatic rings. The van der Waals surface area contributed by atoms with Crippen LogP contribution in [0, 0.1) is 0 Å². The number of aromatic nitrogens is 2. The third kappa shape index (κ3) is 3.09. The predicted molar refractivity (Wildman–Crippen MR) is 86.1 cm³/mol. The topological polar surface area (TPSA) is 37.8 Å². The lowest BCUT2D eigenvalue weighted by Gasteiger charge is -2.18. The second-order valence-electron chi connectivity index (χ2n) is 5.15. The Morgan fingerprint density at radius 2 is 2.00 bits per heavy atom. The quantitative estimate of drug-likeness (QED) is 0.775. The number of fused-ring (bicyclic) bond motifs is 1. The Labute approximate surface area is 125 Å². The van der Waals surface area contributed by atoms with Gasteiger partial charge in [0, 0.05) is 35.7 Å². The standard InChI is InChI=1S/C18H19N3/c1-19-18(9-8-15-6-2-3-11-21-15)17-7-4-5-14-13-20-12-10-16(14)17/h2-7,10-13,18-19H,8-9H2,1H3. The summed E-state index contributed by atoms with van der Waals surface area (Å²) >= 11 is 0. The Balaban J connectivity index is 1.85. The summed E-state index contributed by atoms with van der Waals surface area (Å²) in [6, 6.07) is 14.9. The van der Waals surface area contributed by atoms with Crippen molar-refractivity contribution in [3.8, 4) is 0 Å². The van der Waals surface area contributed by atoms with Crippen molar-refractivity contribution in [2.75, 3.05) is 7.05 Å². The molecule has 2 heterocycles. The largest absolute Gasteiger partial charge is 0.313 e. The molecule has 106 valence electrons. The van der Waals surface area contributed by atoms with Crippen LogP contribution in [0.3, 0.4) is 0 Å². The van der Waals surface area contributed by atoms with Gasteiger partial charge >= 0.3 is 0 Å². The molecule has 3 nitrogen and oxygen atoms in total. The molecule has 1 aromatic carbocycles. The molecule has 1 atom stereocenters. The van der Waals surface area contributed by atoms with Crippen LogP contribution in [-0.2, 0) is 6.42 Å². The minimum absolute atomic E-state index is 0.318. The van der Waals surface area contributed by atoms with E-state index in [1.165, 1.54) is 16.3 Å². The summed E-state index contributed by atoms with van der Waals surface area (Å²) in [7, 11) is 2.02. The second kappa shape index (κ2) is 6.46. The van der Waals surface area contributed by atoms with E-state index in [9.17, 15) is 0 Å². The average Bonchev–Trinajstić information content (AvgIpc) is 2.56. The summed E-state index contributed by atoms with van der Waals surface area (Å²) in [5, 5.41) is 5.89. The van der Waals surface area contributed by atoms with E-state index in [1.54, 1.807) is 0 Å². The van der Waals surface area contributed by atoms with Gasteiger partial charge in [-0.2, -0.15) is 0 Å². The molecule has 21 heavy (non-hydrogen) atoms. The van der Waals surface area contributed by atoms with Gasteiger partial charge < -0.3 is 5.32 Å². The highest BCUT2D eigenvalue weighted by atomic mass is 14.9. The van der Waals surface area contributed by atoms with E-state index in [0.29, 0.717) is 6.04 Å². The monoisotopic (exact) mass is 277 g/mol. The Hall–Kier alpha value is -2.26. The van der Waals surface area contributed by atoms with Crippen LogP contribution < -0.4 is 5.32 Å². The van der Waals surface area contributed by atoms with Crippen molar-refractivity contribution in [2.24, 2.45) is 0 Å². The molecule has 1 unspecified atom stereocenters. The number of rotatable bonds is 5. The Bertz CT molecular complexity index is 704. The summed E-state index contributed by atoms with van der Waals surface area (Å²) in [6.07, 6.45) is 7.62. The number of benzene rings is 1. The van der Waals surface area contributed by atoms with Gasteiger partial charge in [-0.25, -0.2) is 0 Å². The highest BCUT2D eigenvalue weighted by Gasteiger charge is 2.12. The molecule has 3 aromatic rings. The molecule has 0 bridgehead atoms. The van der Waals surface area contributed by atoms with E-state index in [-0.39, 0.29) is 0 Å². The van der Waals surface area contributed by atoms with Crippen molar-refractivity contribution in [3.05, 3.63) is 72.3 Å². The highest BCUT2D eigenvalue weighted by molar-refractivity contribution is 5.85. The smallest absolute Gasteiger partial charge is 0.0404 e.